The van der Waals surface area contributed by atoms with E-state index in [-0.39, 0.29) is 29.9 Å². The number of hydrogen-bond acceptors (Lipinski definition) is 5. The number of benzene rings is 1. The van der Waals surface area contributed by atoms with Gasteiger partial charge in [-0.1, -0.05) is 30.3 Å². The van der Waals surface area contributed by atoms with E-state index in [0.717, 1.165) is 11.3 Å². The van der Waals surface area contributed by atoms with Crippen molar-refractivity contribution in [2.75, 3.05) is 24.5 Å². The number of thiophene rings is 1. The highest BCUT2D eigenvalue weighted by Gasteiger charge is 2.59. The second kappa shape index (κ2) is 7.04. The van der Waals surface area contributed by atoms with E-state index in [1.807, 2.05) is 52.1 Å². The van der Waals surface area contributed by atoms with Crippen molar-refractivity contribution in [3.05, 3.63) is 65.2 Å². The summed E-state index contributed by atoms with van der Waals surface area (Å²) >= 11 is 1.55. The molecule has 2 saturated heterocycles. The van der Waals surface area contributed by atoms with Gasteiger partial charge in [0.2, 0.25) is 5.91 Å². The van der Waals surface area contributed by atoms with E-state index in [1.165, 1.54) is 16.8 Å². The minimum absolute atomic E-state index is 0.00785. The third kappa shape index (κ3) is 2.91. The van der Waals surface area contributed by atoms with Gasteiger partial charge in [-0.3, -0.25) is 4.79 Å². The number of amides is 1. The molecule has 1 amide bonds. The van der Waals surface area contributed by atoms with Crippen LogP contribution in [0.25, 0.3) is 0 Å². The first-order valence-electron chi connectivity index (χ1n) is 9.79. The monoisotopic (exact) mass is 442 g/mol. The maximum absolute atomic E-state index is 13.7. The van der Waals surface area contributed by atoms with E-state index >= 15 is 0 Å². The highest BCUT2D eigenvalue weighted by Crippen LogP contribution is 2.51. The predicted molar refractivity (Wildman–Crippen MR) is 115 cm³/mol. The van der Waals surface area contributed by atoms with Gasteiger partial charge in [-0.15, -0.1) is 0 Å². The molecular weight excluding hydrogens is 420 g/mol. The molecule has 0 radical (unpaired) electrons. The zero-order valence-corrected chi connectivity index (χ0v) is 18.1. The van der Waals surface area contributed by atoms with Crippen molar-refractivity contribution >= 4 is 33.0 Å². The first-order valence-corrected chi connectivity index (χ1v) is 12.2. The molecule has 2 atom stereocenters. The lowest BCUT2D eigenvalue weighted by molar-refractivity contribution is -0.125. The lowest BCUT2D eigenvalue weighted by Gasteiger charge is -2.29. The number of carbonyl (C=O) groups excluding carboxylic acids is 1. The Hall–Kier alpha value is -2.49. The van der Waals surface area contributed by atoms with E-state index in [0.29, 0.717) is 13.0 Å². The summed E-state index contributed by atoms with van der Waals surface area (Å²) in [4.78, 5) is 19.6. The van der Waals surface area contributed by atoms with Gasteiger partial charge in [-0.2, -0.15) is 15.6 Å². The molecule has 9 heteroatoms. The number of rotatable bonds is 4. The molecule has 30 heavy (non-hydrogen) atoms. The molecule has 156 valence electrons. The molecule has 0 saturated carbocycles. The lowest BCUT2D eigenvalue weighted by atomic mass is 9.73. The molecule has 2 aliphatic heterocycles. The topological polar surface area (TPSA) is 75.5 Å². The van der Waals surface area contributed by atoms with Crippen molar-refractivity contribution in [1.82, 2.24) is 13.9 Å². The number of hydrogen-bond donors (Lipinski definition) is 0. The van der Waals surface area contributed by atoms with Gasteiger partial charge in [0.25, 0.3) is 10.0 Å². The molecule has 5 rings (SSSR count). The minimum Gasteiger partial charge on any atom is -0.339 e. The van der Waals surface area contributed by atoms with Gasteiger partial charge in [-0.25, -0.2) is 13.4 Å². The Bertz CT molecular complexity index is 1170. The molecule has 0 aliphatic carbocycles. The maximum Gasteiger partial charge on any atom is 0.262 e. The smallest absolute Gasteiger partial charge is 0.262 e. The Kier molecular flexibility index (Phi) is 4.57. The quantitative estimate of drug-likeness (QED) is 0.623. The van der Waals surface area contributed by atoms with Crippen LogP contribution in [0.1, 0.15) is 17.9 Å². The lowest BCUT2D eigenvalue weighted by Crippen LogP contribution is -2.40. The summed E-state index contributed by atoms with van der Waals surface area (Å²) in [6, 6.07) is 11.7. The van der Waals surface area contributed by atoms with Gasteiger partial charge in [0, 0.05) is 44.2 Å². The van der Waals surface area contributed by atoms with Gasteiger partial charge >= 0.3 is 0 Å². The number of sulfonamides is 1. The van der Waals surface area contributed by atoms with Crippen LogP contribution < -0.4 is 4.90 Å². The second-order valence-electron chi connectivity index (χ2n) is 7.98. The molecule has 2 fully saturated rings. The second-order valence-corrected chi connectivity index (χ2v) is 10.6. The molecule has 0 unspecified atom stereocenters. The Balaban J connectivity index is 1.56. The molecule has 4 heterocycles. The van der Waals surface area contributed by atoms with E-state index in [4.69, 9.17) is 0 Å². The number of imidazole rings is 1. The van der Waals surface area contributed by atoms with E-state index in [1.54, 1.807) is 23.0 Å². The molecule has 3 aromatic rings. The first kappa shape index (κ1) is 19.5. The molecule has 1 spiro atoms. The van der Waals surface area contributed by atoms with Gasteiger partial charge < -0.3 is 9.47 Å². The van der Waals surface area contributed by atoms with Crippen LogP contribution in [0.5, 0.6) is 0 Å². The van der Waals surface area contributed by atoms with Gasteiger partial charge in [0.1, 0.15) is 0 Å². The number of aromatic nitrogens is 2. The average molecular weight is 443 g/mol. The van der Waals surface area contributed by atoms with Crippen molar-refractivity contribution in [3.8, 4) is 0 Å². The summed E-state index contributed by atoms with van der Waals surface area (Å²) in [6.07, 6.45) is 3.61. The molecule has 2 aromatic heterocycles. The van der Waals surface area contributed by atoms with Crippen LogP contribution in [0.3, 0.4) is 0 Å². The van der Waals surface area contributed by atoms with E-state index in [9.17, 15) is 13.2 Å². The number of aryl methyl sites for hydroxylation is 1. The van der Waals surface area contributed by atoms with Crippen molar-refractivity contribution in [1.29, 1.82) is 0 Å². The molecule has 0 N–H and O–H groups in total. The SMILES string of the molecule is Cn1cnc(S(=O)(=O)N2C[C@@H](c3ccccc3)[C@@]3(CCN(c4ccsc4)C3=O)C2)c1. The van der Waals surface area contributed by atoms with Crippen molar-refractivity contribution in [3.63, 3.8) is 0 Å². The summed E-state index contributed by atoms with van der Waals surface area (Å²) in [6.45, 7) is 1.04. The maximum atomic E-state index is 13.7. The predicted octanol–water partition coefficient (Wildman–Crippen LogP) is 2.69. The average Bonchev–Trinajstić information content (AvgIpc) is 3.52. The van der Waals surface area contributed by atoms with Crippen LogP contribution in [0.4, 0.5) is 5.69 Å². The van der Waals surface area contributed by atoms with Crippen molar-refractivity contribution in [2.45, 2.75) is 17.4 Å². The molecule has 7 nitrogen and oxygen atoms in total. The van der Waals surface area contributed by atoms with E-state index < -0.39 is 15.4 Å². The highest BCUT2D eigenvalue weighted by atomic mass is 32.2. The number of nitrogens with zero attached hydrogens (tertiary/aromatic N) is 4. The van der Waals surface area contributed by atoms with Gasteiger partial charge in [-0.05, 0) is 23.4 Å². The molecular formula is C21H22N4O3S2. The van der Waals surface area contributed by atoms with Crippen LogP contribution in [-0.2, 0) is 21.9 Å². The Labute approximate surface area is 179 Å². The van der Waals surface area contributed by atoms with Crippen LogP contribution in [-0.4, -0.2) is 47.8 Å². The normalized spacial score (nSPS) is 24.9. The summed E-state index contributed by atoms with van der Waals surface area (Å²) in [5.74, 6) is -0.193. The minimum atomic E-state index is -3.78. The van der Waals surface area contributed by atoms with Crippen LogP contribution in [0.15, 0.2) is 64.7 Å². The summed E-state index contributed by atoms with van der Waals surface area (Å²) < 4.78 is 29.7. The zero-order valence-electron chi connectivity index (χ0n) is 16.5. The van der Waals surface area contributed by atoms with Crippen molar-refractivity contribution in [2.24, 2.45) is 12.5 Å². The van der Waals surface area contributed by atoms with Crippen LogP contribution >= 0.6 is 11.3 Å². The number of anilines is 1. The fraction of sp³-hybridized carbons (Fsp3) is 0.333. The first-order chi connectivity index (χ1) is 14.4. The summed E-state index contributed by atoms with van der Waals surface area (Å²) in [7, 11) is -2.04. The molecule has 0 bridgehead atoms. The Morgan fingerprint density at radius 2 is 2.00 bits per heavy atom. The Morgan fingerprint density at radius 3 is 2.67 bits per heavy atom. The van der Waals surface area contributed by atoms with E-state index in [2.05, 4.69) is 4.98 Å². The fourth-order valence-electron chi connectivity index (χ4n) is 4.73. The molecule has 1 aromatic carbocycles. The Morgan fingerprint density at radius 1 is 1.20 bits per heavy atom. The van der Waals surface area contributed by atoms with Crippen LogP contribution in [0.2, 0.25) is 0 Å². The van der Waals surface area contributed by atoms with Crippen molar-refractivity contribution < 1.29 is 13.2 Å². The summed E-state index contributed by atoms with van der Waals surface area (Å²) in [5.41, 5.74) is 1.11. The fourth-order valence-corrected chi connectivity index (χ4v) is 6.86. The standard InChI is InChI=1S/C21H22N4O3S2/c1-23-12-19(22-15-23)30(27,28)24-11-18(16-5-3-2-4-6-16)21(14-24)8-9-25(20(21)26)17-7-10-29-13-17/h2-7,10,12-13,15,18H,8-9,11,14H2,1H3/t18-,21+/m0/s1. The summed E-state index contributed by atoms with van der Waals surface area (Å²) in [5, 5.41) is 3.94. The zero-order chi connectivity index (χ0) is 20.9. The number of carbonyl (C=O) groups is 1. The van der Waals surface area contributed by atoms with Gasteiger partial charge in [0.15, 0.2) is 5.03 Å². The van der Waals surface area contributed by atoms with Gasteiger partial charge in [0.05, 0.1) is 17.4 Å². The third-order valence-corrected chi connectivity index (χ3v) is 8.64. The highest BCUT2D eigenvalue weighted by molar-refractivity contribution is 7.89. The molecule has 2 aliphatic rings. The third-order valence-electron chi connectivity index (χ3n) is 6.27. The van der Waals surface area contributed by atoms with Crippen LogP contribution in [0, 0.1) is 5.41 Å². The largest absolute Gasteiger partial charge is 0.339 e.